The second kappa shape index (κ2) is 3.41. The highest BCUT2D eigenvalue weighted by Gasteiger charge is 2.35. The summed E-state index contributed by atoms with van der Waals surface area (Å²) in [5, 5.41) is 3.28. The SMILES string of the molecule is CN(C)C1(C)CNCCN1C=O. The molecule has 1 unspecified atom stereocenters. The van der Waals surface area contributed by atoms with Crippen LogP contribution in [0, 0.1) is 0 Å². The van der Waals surface area contributed by atoms with Crippen LogP contribution in [0.2, 0.25) is 0 Å². The quantitative estimate of drug-likeness (QED) is 0.559. The largest absolute Gasteiger partial charge is 0.324 e. The number of piperazine rings is 1. The molecule has 0 aliphatic carbocycles. The lowest BCUT2D eigenvalue weighted by Gasteiger charge is -2.47. The molecule has 4 nitrogen and oxygen atoms in total. The molecule has 0 aromatic carbocycles. The number of carbonyl (C=O) groups is 1. The molecule has 1 fully saturated rings. The summed E-state index contributed by atoms with van der Waals surface area (Å²) in [6.45, 7) is 4.58. The van der Waals surface area contributed by atoms with Crippen molar-refractivity contribution in [3.8, 4) is 0 Å². The molecule has 70 valence electrons. The molecule has 0 saturated carbocycles. The monoisotopic (exact) mass is 171 g/mol. The van der Waals surface area contributed by atoms with Crippen LogP contribution in [0.4, 0.5) is 0 Å². The lowest BCUT2D eigenvalue weighted by molar-refractivity contribution is -0.132. The van der Waals surface area contributed by atoms with Crippen LogP contribution in [0.5, 0.6) is 0 Å². The third-order valence-electron chi connectivity index (χ3n) is 2.70. The maximum absolute atomic E-state index is 10.8. The van der Waals surface area contributed by atoms with Gasteiger partial charge in [-0.2, -0.15) is 0 Å². The van der Waals surface area contributed by atoms with Gasteiger partial charge in [-0.05, 0) is 21.0 Å². The van der Waals surface area contributed by atoms with Gasteiger partial charge in [0.2, 0.25) is 6.41 Å². The molecule has 1 aliphatic heterocycles. The zero-order valence-corrected chi connectivity index (χ0v) is 8.00. The van der Waals surface area contributed by atoms with E-state index in [0.717, 1.165) is 26.0 Å². The van der Waals surface area contributed by atoms with Crippen LogP contribution in [-0.2, 0) is 4.79 Å². The minimum Gasteiger partial charge on any atom is -0.324 e. The van der Waals surface area contributed by atoms with E-state index in [0.29, 0.717) is 0 Å². The zero-order chi connectivity index (χ0) is 9.19. The lowest BCUT2D eigenvalue weighted by atomic mass is 10.1. The second-order valence-corrected chi connectivity index (χ2v) is 3.59. The van der Waals surface area contributed by atoms with E-state index in [1.165, 1.54) is 0 Å². The Morgan fingerprint density at radius 2 is 2.25 bits per heavy atom. The van der Waals surface area contributed by atoms with E-state index >= 15 is 0 Å². The minimum atomic E-state index is -0.167. The smallest absolute Gasteiger partial charge is 0.211 e. The zero-order valence-electron chi connectivity index (χ0n) is 8.00. The van der Waals surface area contributed by atoms with Crippen molar-refractivity contribution in [2.24, 2.45) is 0 Å². The Bertz CT molecular complexity index is 172. The molecule has 1 amide bonds. The second-order valence-electron chi connectivity index (χ2n) is 3.59. The Morgan fingerprint density at radius 3 is 2.67 bits per heavy atom. The number of nitrogens with zero attached hydrogens (tertiary/aromatic N) is 2. The number of nitrogens with one attached hydrogen (secondary N) is 1. The Morgan fingerprint density at radius 1 is 1.58 bits per heavy atom. The predicted octanol–water partition coefficient (Wildman–Crippen LogP) is -0.674. The molecule has 12 heavy (non-hydrogen) atoms. The van der Waals surface area contributed by atoms with Gasteiger partial charge < -0.3 is 10.2 Å². The van der Waals surface area contributed by atoms with Gasteiger partial charge >= 0.3 is 0 Å². The number of hydrogen-bond donors (Lipinski definition) is 1. The maximum atomic E-state index is 10.8. The Hall–Kier alpha value is -0.610. The van der Waals surface area contributed by atoms with E-state index in [1.54, 1.807) is 0 Å². The lowest BCUT2D eigenvalue weighted by Crippen LogP contribution is -2.65. The molecule has 0 bridgehead atoms. The van der Waals surface area contributed by atoms with E-state index in [9.17, 15) is 4.79 Å². The van der Waals surface area contributed by atoms with E-state index in [2.05, 4.69) is 17.1 Å². The molecule has 0 spiro atoms. The number of amides is 1. The number of carbonyl (C=O) groups excluding carboxylic acids is 1. The molecule has 1 atom stereocenters. The molecule has 0 radical (unpaired) electrons. The van der Waals surface area contributed by atoms with Gasteiger partial charge in [-0.15, -0.1) is 0 Å². The van der Waals surface area contributed by atoms with Gasteiger partial charge in [0.05, 0.1) is 0 Å². The average molecular weight is 171 g/mol. The van der Waals surface area contributed by atoms with Crippen LogP contribution in [0.15, 0.2) is 0 Å². The van der Waals surface area contributed by atoms with Crippen molar-refractivity contribution in [3.05, 3.63) is 0 Å². The first-order valence-electron chi connectivity index (χ1n) is 4.21. The molecule has 0 aromatic rings. The number of hydrogen-bond acceptors (Lipinski definition) is 3. The van der Waals surface area contributed by atoms with Crippen molar-refractivity contribution < 1.29 is 4.79 Å². The molecule has 1 aliphatic rings. The van der Waals surface area contributed by atoms with Gasteiger partial charge in [-0.3, -0.25) is 9.69 Å². The summed E-state index contributed by atoms with van der Waals surface area (Å²) >= 11 is 0. The minimum absolute atomic E-state index is 0.167. The molecular weight excluding hydrogens is 154 g/mol. The highest BCUT2D eigenvalue weighted by Crippen LogP contribution is 2.16. The van der Waals surface area contributed by atoms with Gasteiger partial charge in [-0.25, -0.2) is 0 Å². The maximum Gasteiger partial charge on any atom is 0.211 e. The van der Waals surface area contributed by atoms with E-state index in [1.807, 2.05) is 19.0 Å². The van der Waals surface area contributed by atoms with E-state index in [-0.39, 0.29) is 5.66 Å². The van der Waals surface area contributed by atoms with Crippen molar-refractivity contribution in [3.63, 3.8) is 0 Å². The number of rotatable bonds is 2. The van der Waals surface area contributed by atoms with Crippen molar-refractivity contribution in [2.75, 3.05) is 33.7 Å². The topological polar surface area (TPSA) is 35.6 Å². The van der Waals surface area contributed by atoms with Gasteiger partial charge in [0.15, 0.2) is 0 Å². The van der Waals surface area contributed by atoms with Gasteiger partial charge in [0.25, 0.3) is 0 Å². The molecule has 1 saturated heterocycles. The van der Waals surface area contributed by atoms with Crippen molar-refractivity contribution in [1.82, 2.24) is 15.1 Å². The van der Waals surface area contributed by atoms with Crippen LogP contribution in [-0.4, -0.2) is 55.6 Å². The predicted molar refractivity (Wildman–Crippen MR) is 47.7 cm³/mol. The summed E-state index contributed by atoms with van der Waals surface area (Å²) in [6.07, 6.45) is 0.931. The van der Waals surface area contributed by atoms with Gasteiger partial charge in [-0.1, -0.05) is 0 Å². The van der Waals surface area contributed by atoms with Crippen LogP contribution in [0.25, 0.3) is 0 Å². The third-order valence-corrected chi connectivity index (χ3v) is 2.70. The summed E-state index contributed by atoms with van der Waals surface area (Å²) in [5.74, 6) is 0. The Balaban J connectivity index is 2.75. The highest BCUT2D eigenvalue weighted by atomic mass is 16.1. The average Bonchev–Trinajstić information content (AvgIpc) is 2.05. The summed E-state index contributed by atoms with van der Waals surface area (Å²) in [4.78, 5) is 14.7. The molecule has 1 N–H and O–H groups in total. The summed E-state index contributed by atoms with van der Waals surface area (Å²) in [6, 6.07) is 0. The fourth-order valence-corrected chi connectivity index (χ4v) is 1.45. The fraction of sp³-hybridized carbons (Fsp3) is 0.875. The first kappa shape index (κ1) is 9.48. The first-order chi connectivity index (χ1) is 5.61. The summed E-state index contributed by atoms with van der Waals surface area (Å²) in [5.41, 5.74) is -0.167. The van der Waals surface area contributed by atoms with E-state index < -0.39 is 0 Å². The van der Waals surface area contributed by atoms with Crippen LogP contribution in [0.3, 0.4) is 0 Å². The van der Waals surface area contributed by atoms with Crippen LogP contribution < -0.4 is 5.32 Å². The molecule has 0 aromatic heterocycles. The van der Waals surface area contributed by atoms with Crippen LogP contribution in [0.1, 0.15) is 6.92 Å². The summed E-state index contributed by atoms with van der Waals surface area (Å²) < 4.78 is 0. The highest BCUT2D eigenvalue weighted by molar-refractivity contribution is 5.49. The summed E-state index contributed by atoms with van der Waals surface area (Å²) in [7, 11) is 3.98. The molecular formula is C8H17N3O. The Labute approximate surface area is 73.5 Å². The molecule has 4 heteroatoms. The van der Waals surface area contributed by atoms with Gasteiger partial charge in [0, 0.05) is 19.6 Å². The Kier molecular flexibility index (Phi) is 2.69. The van der Waals surface area contributed by atoms with E-state index in [4.69, 9.17) is 0 Å². The number of likely N-dealkylation sites (N-methyl/N-ethyl adjacent to an activating group) is 1. The first-order valence-corrected chi connectivity index (χ1v) is 4.21. The fourth-order valence-electron chi connectivity index (χ4n) is 1.45. The third kappa shape index (κ3) is 1.44. The van der Waals surface area contributed by atoms with Gasteiger partial charge in [0.1, 0.15) is 5.66 Å². The van der Waals surface area contributed by atoms with Crippen molar-refractivity contribution >= 4 is 6.41 Å². The standard InChI is InChI=1S/C8H17N3O/c1-8(10(2)3)6-9-4-5-11(8)7-12/h7,9H,4-6H2,1-3H3. The molecule has 1 rings (SSSR count). The van der Waals surface area contributed by atoms with Crippen molar-refractivity contribution in [1.29, 1.82) is 0 Å². The molecule has 1 heterocycles. The van der Waals surface area contributed by atoms with Crippen LogP contribution >= 0.6 is 0 Å². The normalized spacial score (nSPS) is 30.8. The van der Waals surface area contributed by atoms with Crippen molar-refractivity contribution in [2.45, 2.75) is 12.6 Å².